The molecule has 1 unspecified atom stereocenters. The monoisotopic (exact) mass is 266 g/mol. The van der Waals surface area contributed by atoms with E-state index in [1.807, 2.05) is 11.8 Å². The Morgan fingerprint density at radius 2 is 2.00 bits per heavy atom. The minimum Gasteiger partial charge on any atom is -0.379 e. The second kappa shape index (κ2) is 7.79. The molecule has 1 aromatic carbocycles. The molecular formula is C14H22N2OS. The van der Waals surface area contributed by atoms with E-state index in [2.05, 4.69) is 47.5 Å². The van der Waals surface area contributed by atoms with Crippen LogP contribution in [0.3, 0.4) is 0 Å². The summed E-state index contributed by atoms with van der Waals surface area (Å²) in [6.45, 7) is 8.00. The maximum absolute atomic E-state index is 5.43. The molecule has 1 N–H and O–H groups in total. The predicted molar refractivity (Wildman–Crippen MR) is 77.0 cm³/mol. The molecule has 18 heavy (non-hydrogen) atoms. The van der Waals surface area contributed by atoms with E-state index < -0.39 is 0 Å². The van der Waals surface area contributed by atoms with Crippen LogP contribution in [0.2, 0.25) is 0 Å². The van der Waals surface area contributed by atoms with Crippen molar-refractivity contribution in [1.29, 1.82) is 0 Å². The smallest absolute Gasteiger partial charge is 0.0732 e. The van der Waals surface area contributed by atoms with Gasteiger partial charge in [-0.05, 0) is 18.7 Å². The second-order valence-corrected chi connectivity index (χ2v) is 5.59. The fourth-order valence-electron chi connectivity index (χ4n) is 2.03. The molecule has 1 heterocycles. The molecule has 1 aliphatic heterocycles. The Morgan fingerprint density at radius 1 is 1.28 bits per heavy atom. The van der Waals surface area contributed by atoms with Gasteiger partial charge in [0.15, 0.2) is 0 Å². The van der Waals surface area contributed by atoms with Crippen molar-refractivity contribution in [2.75, 3.05) is 39.4 Å². The molecule has 0 amide bonds. The number of nitrogens with one attached hydrogen (secondary N) is 1. The zero-order valence-electron chi connectivity index (χ0n) is 11.0. The van der Waals surface area contributed by atoms with Gasteiger partial charge in [-0.25, -0.2) is 0 Å². The van der Waals surface area contributed by atoms with Crippen LogP contribution in [0, 0.1) is 0 Å². The van der Waals surface area contributed by atoms with Crippen molar-refractivity contribution in [3.05, 3.63) is 30.3 Å². The minimum atomic E-state index is 0.497. The van der Waals surface area contributed by atoms with E-state index in [1.165, 1.54) is 4.90 Å². The van der Waals surface area contributed by atoms with Crippen molar-refractivity contribution in [1.82, 2.24) is 10.2 Å². The standard InChI is InChI=1S/C14H22N2OS/c1-2-15-12-14(16-8-10-17-11-9-16)18-13-6-4-3-5-7-13/h3-7,14-15H,2,8-12H2,1H3. The van der Waals surface area contributed by atoms with Crippen molar-refractivity contribution >= 4 is 11.8 Å². The average Bonchev–Trinajstić information content (AvgIpc) is 2.45. The first-order chi connectivity index (χ1) is 8.90. The van der Waals surface area contributed by atoms with Crippen LogP contribution in [-0.2, 0) is 4.74 Å². The van der Waals surface area contributed by atoms with Crippen LogP contribution >= 0.6 is 11.8 Å². The molecule has 0 aromatic heterocycles. The highest BCUT2D eigenvalue weighted by molar-refractivity contribution is 7.99. The lowest BCUT2D eigenvalue weighted by Crippen LogP contribution is -2.46. The summed E-state index contributed by atoms with van der Waals surface area (Å²) in [5, 5.41) is 3.96. The highest BCUT2D eigenvalue weighted by atomic mass is 32.2. The van der Waals surface area contributed by atoms with Gasteiger partial charge in [-0.1, -0.05) is 25.1 Å². The lowest BCUT2D eigenvalue weighted by atomic mass is 10.4. The fourth-order valence-corrected chi connectivity index (χ4v) is 3.22. The third-order valence-corrected chi connectivity index (χ3v) is 4.32. The van der Waals surface area contributed by atoms with Crippen LogP contribution in [0.1, 0.15) is 6.92 Å². The molecule has 100 valence electrons. The number of benzene rings is 1. The lowest BCUT2D eigenvalue weighted by Gasteiger charge is -2.34. The summed E-state index contributed by atoms with van der Waals surface area (Å²) in [4.78, 5) is 3.86. The normalized spacial score (nSPS) is 18.7. The van der Waals surface area contributed by atoms with Crippen molar-refractivity contribution in [2.45, 2.75) is 17.2 Å². The minimum absolute atomic E-state index is 0.497. The van der Waals surface area contributed by atoms with Crippen LogP contribution < -0.4 is 5.32 Å². The number of thioether (sulfide) groups is 1. The Balaban J connectivity index is 1.95. The Hall–Kier alpha value is -0.550. The van der Waals surface area contributed by atoms with Gasteiger partial charge >= 0.3 is 0 Å². The van der Waals surface area contributed by atoms with Crippen molar-refractivity contribution in [3.63, 3.8) is 0 Å². The molecule has 1 atom stereocenters. The lowest BCUT2D eigenvalue weighted by molar-refractivity contribution is 0.0327. The first-order valence-electron chi connectivity index (χ1n) is 6.64. The summed E-state index contributed by atoms with van der Waals surface area (Å²) in [6.07, 6.45) is 0. The van der Waals surface area contributed by atoms with Crippen LogP contribution in [0.4, 0.5) is 0 Å². The third-order valence-electron chi connectivity index (χ3n) is 3.04. The summed E-state index contributed by atoms with van der Waals surface area (Å²) >= 11 is 1.94. The summed E-state index contributed by atoms with van der Waals surface area (Å²) in [5.74, 6) is 0. The Labute approximate surface area is 114 Å². The SMILES string of the molecule is CCNCC(Sc1ccccc1)N1CCOCC1. The number of rotatable bonds is 6. The van der Waals surface area contributed by atoms with E-state index in [-0.39, 0.29) is 0 Å². The summed E-state index contributed by atoms with van der Waals surface area (Å²) in [6, 6.07) is 10.6. The van der Waals surface area contributed by atoms with Gasteiger partial charge in [0.1, 0.15) is 0 Å². The Morgan fingerprint density at radius 3 is 2.67 bits per heavy atom. The maximum Gasteiger partial charge on any atom is 0.0732 e. The van der Waals surface area contributed by atoms with E-state index in [9.17, 15) is 0 Å². The van der Waals surface area contributed by atoms with Gasteiger partial charge < -0.3 is 10.1 Å². The fraction of sp³-hybridized carbons (Fsp3) is 0.571. The third kappa shape index (κ3) is 4.28. The van der Waals surface area contributed by atoms with Gasteiger partial charge in [0.05, 0.1) is 18.6 Å². The first-order valence-corrected chi connectivity index (χ1v) is 7.52. The molecule has 0 bridgehead atoms. The van der Waals surface area contributed by atoms with E-state index in [0.717, 1.165) is 39.4 Å². The van der Waals surface area contributed by atoms with E-state index in [0.29, 0.717) is 5.37 Å². The first kappa shape index (κ1) is 13.9. The molecule has 4 heteroatoms. The summed E-state index contributed by atoms with van der Waals surface area (Å²) in [7, 11) is 0. The van der Waals surface area contributed by atoms with E-state index >= 15 is 0 Å². The molecule has 0 aliphatic carbocycles. The molecule has 1 aromatic rings. The van der Waals surface area contributed by atoms with Gasteiger partial charge in [0, 0.05) is 24.5 Å². The molecule has 1 fully saturated rings. The molecule has 1 saturated heterocycles. The highest BCUT2D eigenvalue weighted by Crippen LogP contribution is 2.25. The van der Waals surface area contributed by atoms with Crippen molar-refractivity contribution < 1.29 is 4.74 Å². The van der Waals surface area contributed by atoms with Gasteiger partial charge in [-0.15, -0.1) is 11.8 Å². The van der Waals surface area contributed by atoms with Crippen molar-refractivity contribution in [3.8, 4) is 0 Å². The second-order valence-electron chi connectivity index (χ2n) is 4.34. The van der Waals surface area contributed by atoms with Gasteiger partial charge in [0.25, 0.3) is 0 Å². The molecule has 0 radical (unpaired) electrons. The number of hydrogen-bond donors (Lipinski definition) is 1. The highest BCUT2D eigenvalue weighted by Gasteiger charge is 2.21. The Bertz CT molecular complexity index is 328. The Kier molecular flexibility index (Phi) is 6.00. The molecule has 1 aliphatic rings. The van der Waals surface area contributed by atoms with Crippen LogP contribution in [0.15, 0.2) is 35.2 Å². The quantitative estimate of drug-likeness (QED) is 0.797. The van der Waals surface area contributed by atoms with Crippen LogP contribution in [-0.4, -0.2) is 49.7 Å². The van der Waals surface area contributed by atoms with E-state index in [4.69, 9.17) is 4.74 Å². The predicted octanol–water partition coefficient (Wildman–Crippen LogP) is 2.05. The number of nitrogens with zero attached hydrogens (tertiary/aromatic N) is 1. The van der Waals surface area contributed by atoms with Crippen LogP contribution in [0.25, 0.3) is 0 Å². The topological polar surface area (TPSA) is 24.5 Å². The van der Waals surface area contributed by atoms with E-state index in [1.54, 1.807) is 0 Å². The van der Waals surface area contributed by atoms with Gasteiger partial charge in [-0.2, -0.15) is 0 Å². The summed E-state index contributed by atoms with van der Waals surface area (Å²) in [5.41, 5.74) is 0. The average molecular weight is 266 g/mol. The van der Waals surface area contributed by atoms with Gasteiger partial charge in [0.2, 0.25) is 0 Å². The number of hydrogen-bond acceptors (Lipinski definition) is 4. The van der Waals surface area contributed by atoms with Crippen LogP contribution in [0.5, 0.6) is 0 Å². The number of ether oxygens (including phenoxy) is 1. The van der Waals surface area contributed by atoms with Crippen molar-refractivity contribution in [2.24, 2.45) is 0 Å². The number of morpholine rings is 1. The zero-order valence-corrected chi connectivity index (χ0v) is 11.8. The largest absolute Gasteiger partial charge is 0.379 e. The molecule has 2 rings (SSSR count). The maximum atomic E-state index is 5.43. The molecular weight excluding hydrogens is 244 g/mol. The molecule has 0 saturated carbocycles. The zero-order chi connectivity index (χ0) is 12.6. The van der Waals surface area contributed by atoms with Gasteiger partial charge in [-0.3, -0.25) is 4.90 Å². The summed E-state index contributed by atoms with van der Waals surface area (Å²) < 4.78 is 5.43. The number of likely N-dealkylation sites (N-methyl/N-ethyl adjacent to an activating group) is 1. The molecule has 0 spiro atoms. The molecule has 3 nitrogen and oxygen atoms in total.